The van der Waals surface area contributed by atoms with E-state index in [1.807, 2.05) is 19.3 Å². The minimum absolute atomic E-state index is 0.108. The van der Waals surface area contributed by atoms with Crippen molar-refractivity contribution in [2.75, 3.05) is 6.54 Å². The van der Waals surface area contributed by atoms with E-state index in [2.05, 4.69) is 13.5 Å². The smallest absolute Gasteiger partial charge is 0.242 e. The van der Waals surface area contributed by atoms with Crippen LogP contribution in [-0.2, 0) is 17.1 Å². The molecule has 1 aromatic carbocycles. The maximum Gasteiger partial charge on any atom is 0.242 e. The molecular formula is C14H16N4O3S2. The number of aliphatic hydroxyl groups excluding tert-OH is 1. The van der Waals surface area contributed by atoms with Gasteiger partial charge < -0.3 is 9.67 Å². The van der Waals surface area contributed by atoms with Gasteiger partial charge in [-0.25, -0.2) is 13.1 Å². The lowest BCUT2D eigenvalue weighted by molar-refractivity contribution is 0.161. The number of fused-ring (bicyclic) bond motifs is 1. The predicted molar refractivity (Wildman–Crippen MR) is 87.6 cm³/mol. The van der Waals surface area contributed by atoms with Gasteiger partial charge in [0.1, 0.15) is 15.9 Å². The van der Waals surface area contributed by atoms with E-state index in [4.69, 9.17) is 0 Å². The summed E-state index contributed by atoms with van der Waals surface area (Å²) in [6.07, 6.45) is 1.38. The lowest BCUT2D eigenvalue weighted by Gasteiger charge is -2.13. The number of nitrogens with zero attached hydrogens (tertiary/aromatic N) is 3. The van der Waals surface area contributed by atoms with Gasteiger partial charge in [0, 0.05) is 25.5 Å². The Balaban J connectivity index is 1.70. The molecule has 0 aliphatic heterocycles. The summed E-state index contributed by atoms with van der Waals surface area (Å²) >= 11 is 0.977. The number of hydrogen-bond donors (Lipinski definition) is 2. The Hall–Kier alpha value is -1.81. The first-order chi connectivity index (χ1) is 11.0. The van der Waals surface area contributed by atoms with Crippen LogP contribution in [0.4, 0.5) is 0 Å². The Morgan fingerprint density at radius 3 is 2.87 bits per heavy atom. The van der Waals surface area contributed by atoms with E-state index < -0.39 is 16.1 Å². The number of aryl methyl sites for hydroxylation is 1. The zero-order valence-corrected chi connectivity index (χ0v) is 14.0. The Morgan fingerprint density at radius 2 is 2.13 bits per heavy atom. The van der Waals surface area contributed by atoms with Crippen molar-refractivity contribution in [1.82, 2.24) is 18.0 Å². The van der Waals surface area contributed by atoms with Gasteiger partial charge in [-0.1, -0.05) is 6.07 Å². The van der Waals surface area contributed by atoms with E-state index in [0.29, 0.717) is 11.0 Å². The molecule has 0 saturated heterocycles. The van der Waals surface area contributed by atoms with Crippen LogP contribution in [0, 0.1) is 0 Å². The summed E-state index contributed by atoms with van der Waals surface area (Å²) in [5.74, 6) is 0. The fraction of sp³-hybridized carbons (Fsp3) is 0.286. The van der Waals surface area contributed by atoms with Gasteiger partial charge in [0.05, 0.1) is 17.8 Å². The Bertz CT molecular complexity index is 917. The van der Waals surface area contributed by atoms with Crippen molar-refractivity contribution >= 4 is 32.8 Å². The highest BCUT2D eigenvalue weighted by Gasteiger charge is 2.20. The third-order valence-corrected chi connectivity index (χ3v) is 5.61. The molecule has 2 aromatic heterocycles. The van der Waals surface area contributed by atoms with Crippen LogP contribution in [0.2, 0.25) is 0 Å². The van der Waals surface area contributed by atoms with Gasteiger partial charge in [0.15, 0.2) is 0 Å². The first-order valence-corrected chi connectivity index (χ1v) is 9.20. The summed E-state index contributed by atoms with van der Waals surface area (Å²) in [7, 11) is -1.86. The molecule has 23 heavy (non-hydrogen) atoms. The summed E-state index contributed by atoms with van der Waals surface area (Å²) in [4.78, 5) is 0.108. The number of rotatable bonds is 6. The van der Waals surface area contributed by atoms with Crippen molar-refractivity contribution in [3.8, 4) is 0 Å². The van der Waals surface area contributed by atoms with E-state index in [9.17, 15) is 13.5 Å². The SMILES string of the molecule is Cn1cccc1[C@@H](O)CCNS(=O)(=O)c1cccc2nsnc12. The predicted octanol–water partition coefficient (Wildman–Crippen LogP) is 1.43. The zero-order chi connectivity index (χ0) is 16.4. The van der Waals surface area contributed by atoms with Crippen molar-refractivity contribution in [2.24, 2.45) is 7.05 Å². The van der Waals surface area contributed by atoms with Crippen LogP contribution in [0.25, 0.3) is 11.0 Å². The van der Waals surface area contributed by atoms with Gasteiger partial charge in [0.25, 0.3) is 0 Å². The molecule has 0 bridgehead atoms. The summed E-state index contributed by atoms with van der Waals surface area (Å²) in [6.45, 7) is 0.128. The number of aliphatic hydroxyl groups is 1. The Kier molecular flexibility index (Phi) is 4.44. The summed E-state index contributed by atoms with van der Waals surface area (Å²) < 4.78 is 37.2. The second kappa shape index (κ2) is 6.36. The number of aromatic nitrogens is 3. The van der Waals surface area contributed by atoms with Crippen molar-refractivity contribution in [3.05, 3.63) is 42.2 Å². The van der Waals surface area contributed by atoms with Gasteiger partial charge in [-0.3, -0.25) is 0 Å². The molecule has 0 radical (unpaired) electrons. The van der Waals surface area contributed by atoms with Gasteiger partial charge >= 0.3 is 0 Å². The van der Waals surface area contributed by atoms with E-state index in [-0.39, 0.29) is 17.9 Å². The molecule has 0 fully saturated rings. The zero-order valence-electron chi connectivity index (χ0n) is 12.4. The topological polar surface area (TPSA) is 97.1 Å². The summed E-state index contributed by atoms with van der Waals surface area (Å²) in [5, 5.41) is 10.1. The second-order valence-electron chi connectivity index (χ2n) is 5.13. The third-order valence-electron chi connectivity index (χ3n) is 3.57. The van der Waals surface area contributed by atoms with Gasteiger partial charge in [-0.05, 0) is 30.7 Å². The van der Waals surface area contributed by atoms with Crippen molar-refractivity contribution in [2.45, 2.75) is 17.4 Å². The van der Waals surface area contributed by atoms with Crippen molar-refractivity contribution in [3.63, 3.8) is 0 Å². The molecule has 2 N–H and O–H groups in total. The molecule has 3 aromatic rings. The van der Waals surface area contributed by atoms with E-state index >= 15 is 0 Å². The van der Waals surface area contributed by atoms with Crippen LogP contribution in [0.5, 0.6) is 0 Å². The number of hydrogen-bond acceptors (Lipinski definition) is 6. The van der Waals surface area contributed by atoms with E-state index in [1.54, 1.807) is 22.8 Å². The van der Waals surface area contributed by atoms with Crippen molar-refractivity contribution < 1.29 is 13.5 Å². The van der Waals surface area contributed by atoms with E-state index in [0.717, 1.165) is 17.4 Å². The van der Waals surface area contributed by atoms with E-state index in [1.165, 1.54) is 6.07 Å². The quantitative estimate of drug-likeness (QED) is 0.699. The van der Waals surface area contributed by atoms with Crippen LogP contribution < -0.4 is 4.72 Å². The van der Waals surface area contributed by atoms with Crippen LogP contribution >= 0.6 is 11.7 Å². The number of sulfonamides is 1. The molecule has 0 unspecified atom stereocenters. The fourth-order valence-electron chi connectivity index (χ4n) is 2.37. The molecule has 122 valence electrons. The Morgan fingerprint density at radius 1 is 1.30 bits per heavy atom. The normalized spacial score (nSPS) is 13.5. The fourth-order valence-corrected chi connectivity index (χ4v) is 4.19. The monoisotopic (exact) mass is 352 g/mol. The maximum absolute atomic E-state index is 12.4. The molecule has 0 spiro atoms. The number of nitrogens with one attached hydrogen (secondary N) is 1. The lowest BCUT2D eigenvalue weighted by Crippen LogP contribution is -2.26. The Labute approximate surface area is 138 Å². The first-order valence-electron chi connectivity index (χ1n) is 6.99. The van der Waals surface area contributed by atoms with Crippen molar-refractivity contribution in [1.29, 1.82) is 0 Å². The van der Waals surface area contributed by atoms with Crippen LogP contribution in [0.3, 0.4) is 0 Å². The minimum atomic E-state index is -3.70. The minimum Gasteiger partial charge on any atom is -0.387 e. The van der Waals surface area contributed by atoms with Crippen LogP contribution in [-0.4, -0.2) is 33.4 Å². The average molecular weight is 352 g/mol. The largest absolute Gasteiger partial charge is 0.387 e. The highest BCUT2D eigenvalue weighted by molar-refractivity contribution is 7.89. The number of benzene rings is 1. The molecule has 0 aliphatic carbocycles. The molecular weight excluding hydrogens is 336 g/mol. The molecule has 0 aliphatic rings. The summed E-state index contributed by atoms with van der Waals surface area (Å²) in [6, 6.07) is 8.49. The molecule has 2 heterocycles. The summed E-state index contributed by atoms with van der Waals surface area (Å²) in [5.41, 5.74) is 1.67. The first kappa shape index (κ1) is 16.1. The maximum atomic E-state index is 12.4. The molecule has 9 heteroatoms. The van der Waals surface area contributed by atoms with Gasteiger partial charge in [-0.2, -0.15) is 8.75 Å². The van der Waals surface area contributed by atoms with Gasteiger partial charge in [0.2, 0.25) is 10.0 Å². The second-order valence-corrected chi connectivity index (χ2v) is 7.40. The average Bonchev–Trinajstić information content (AvgIpc) is 3.14. The molecule has 7 nitrogen and oxygen atoms in total. The molecule has 0 amide bonds. The molecule has 1 atom stereocenters. The molecule has 0 saturated carbocycles. The standard InChI is InChI=1S/C14H16N4O3S2/c1-18-9-3-5-11(18)12(19)7-8-15-23(20,21)13-6-2-4-10-14(13)17-22-16-10/h2-6,9,12,15,19H,7-8H2,1H3/t12-/m0/s1. The lowest BCUT2D eigenvalue weighted by atomic mass is 10.2. The third kappa shape index (κ3) is 3.27. The van der Waals surface area contributed by atoms with Crippen LogP contribution in [0.1, 0.15) is 18.2 Å². The highest BCUT2D eigenvalue weighted by atomic mass is 32.2. The van der Waals surface area contributed by atoms with Gasteiger partial charge in [-0.15, -0.1) is 0 Å². The molecule has 3 rings (SSSR count). The van der Waals surface area contributed by atoms with Crippen LogP contribution in [0.15, 0.2) is 41.4 Å². The highest BCUT2D eigenvalue weighted by Crippen LogP contribution is 2.21.